The average Bonchev–Trinajstić information content (AvgIpc) is 4.19. The summed E-state index contributed by atoms with van der Waals surface area (Å²) in [5, 5.41) is 3.23. The minimum absolute atomic E-state index is 0.359. The van der Waals surface area contributed by atoms with E-state index in [2.05, 4.69) is 176 Å². The Morgan fingerprint density at radius 3 is 1.93 bits per heavy atom. The maximum Gasteiger partial charge on any atom is 0.159 e. The van der Waals surface area contributed by atoms with Crippen LogP contribution in [-0.4, -0.2) is 33.6 Å². The monoisotopic (exact) mass is 921 g/mol. The summed E-state index contributed by atoms with van der Waals surface area (Å²) in [6.07, 6.45) is 11.6. The average molecular weight is 922 g/mol. The number of rotatable bonds is 10. The van der Waals surface area contributed by atoms with Crippen molar-refractivity contribution in [2.24, 2.45) is 0 Å². The number of aromatic nitrogens is 7. The van der Waals surface area contributed by atoms with Crippen molar-refractivity contribution in [1.29, 1.82) is 0 Å². The molecule has 0 radical (unpaired) electrons. The number of nitrogens with zero attached hydrogens (tertiary/aromatic N) is 7. The van der Waals surface area contributed by atoms with Crippen LogP contribution in [0.4, 0.5) is 0 Å². The van der Waals surface area contributed by atoms with E-state index >= 15 is 0 Å². The molecule has 8 heteroatoms. The number of furan rings is 1. The lowest BCUT2D eigenvalue weighted by molar-refractivity contribution is 0.544. The van der Waals surface area contributed by atoms with Crippen LogP contribution in [0.15, 0.2) is 187 Å². The van der Waals surface area contributed by atoms with Crippen LogP contribution in [-0.2, 0) is 0 Å². The van der Waals surface area contributed by atoms with Crippen LogP contribution in [0.3, 0.4) is 0 Å². The number of imidazole rings is 1. The molecule has 7 heterocycles. The number of hydrogen-bond acceptors (Lipinski definition) is 5. The lowest BCUT2D eigenvalue weighted by atomic mass is 9.84. The lowest BCUT2D eigenvalue weighted by Crippen LogP contribution is -2.05. The fourth-order valence-corrected chi connectivity index (χ4v) is 11.6. The second-order valence-electron chi connectivity index (χ2n) is 19.3. The minimum Gasteiger partial charge on any atom is -0.454 e. The number of para-hydroxylation sites is 1. The lowest BCUT2D eigenvalue weighted by Gasteiger charge is -2.22. The first-order valence-electron chi connectivity index (χ1n) is 24.7. The summed E-state index contributed by atoms with van der Waals surface area (Å²) in [6, 6.07) is 54.8. The summed E-state index contributed by atoms with van der Waals surface area (Å²) >= 11 is 0. The van der Waals surface area contributed by atoms with E-state index in [1.807, 2.05) is 55.1 Å². The molecule has 13 rings (SSSR count). The third-order valence-electron chi connectivity index (χ3n) is 14.8. The molecular weight excluding hydrogens is 871 g/mol. The van der Waals surface area contributed by atoms with Gasteiger partial charge in [0, 0.05) is 58.4 Å². The van der Waals surface area contributed by atoms with Gasteiger partial charge < -0.3 is 13.6 Å². The van der Waals surface area contributed by atoms with Crippen LogP contribution >= 0.6 is 0 Å². The summed E-state index contributed by atoms with van der Waals surface area (Å²) in [4.78, 5) is 19.5. The molecule has 0 fully saturated rings. The summed E-state index contributed by atoms with van der Waals surface area (Å²) < 4.78 is 13.6. The predicted octanol–water partition coefficient (Wildman–Crippen LogP) is 16.1. The first kappa shape index (κ1) is 42.5. The van der Waals surface area contributed by atoms with Gasteiger partial charge in [0.25, 0.3) is 0 Å². The molecule has 71 heavy (non-hydrogen) atoms. The summed E-state index contributed by atoms with van der Waals surface area (Å²) in [5.74, 6) is 1.69. The maximum atomic E-state index is 6.72. The van der Waals surface area contributed by atoms with E-state index in [1.54, 1.807) is 0 Å². The van der Waals surface area contributed by atoms with Crippen molar-refractivity contribution in [2.45, 2.75) is 59.3 Å². The van der Waals surface area contributed by atoms with Gasteiger partial charge in [-0.2, -0.15) is 0 Å². The number of benzene rings is 6. The first-order chi connectivity index (χ1) is 34.8. The smallest absolute Gasteiger partial charge is 0.159 e. The summed E-state index contributed by atoms with van der Waals surface area (Å²) in [7, 11) is 0. The van der Waals surface area contributed by atoms with E-state index in [9.17, 15) is 0 Å². The van der Waals surface area contributed by atoms with Crippen molar-refractivity contribution in [3.8, 4) is 39.6 Å². The number of pyridine rings is 3. The van der Waals surface area contributed by atoms with Crippen molar-refractivity contribution in [3.05, 3.63) is 210 Å². The molecule has 0 aliphatic carbocycles. The molecule has 0 bridgehead atoms. The Balaban J connectivity index is 0.854. The summed E-state index contributed by atoms with van der Waals surface area (Å²) in [5.41, 5.74) is 21.5. The van der Waals surface area contributed by atoms with Crippen molar-refractivity contribution in [1.82, 2.24) is 33.6 Å². The normalized spacial score (nSPS) is 12.9. The van der Waals surface area contributed by atoms with Gasteiger partial charge in [0.15, 0.2) is 5.58 Å². The van der Waals surface area contributed by atoms with Crippen LogP contribution in [0.5, 0.6) is 0 Å². The molecule has 0 aliphatic rings. The molecule has 0 N–H and O–H groups in total. The Bertz CT molecular complexity index is 4130. The Labute approximate surface area is 411 Å². The molecular formula is C63H51N7O. The molecule has 344 valence electrons. The van der Waals surface area contributed by atoms with Gasteiger partial charge in [-0.1, -0.05) is 92.2 Å². The largest absolute Gasteiger partial charge is 0.454 e. The quantitative estimate of drug-likeness (QED) is 0.137. The van der Waals surface area contributed by atoms with E-state index in [0.29, 0.717) is 11.8 Å². The predicted molar refractivity (Wildman–Crippen MR) is 290 cm³/mol. The second kappa shape index (κ2) is 16.8. The SMILES string of the molecule is CCC(CC(C)c1ccc(-c2nccn2-c2c(C)cc(C)cc2C)cc1)c1cccc(-n2c3ccc(-c4cc(-n5c6cccnc6c6ncccc65)c5oc6ccccc6c5c4)cc3c3ncccc32)c1. The van der Waals surface area contributed by atoms with Gasteiger partial charge >= 0.3 is 0 Å². The fourth-order valence-electron chi connectivity index (χ4n) is 11.6. The molecule has 0 saturated heterocycles. The zero-order chi connectivity index (χ0) is 47.9. The van der Waals surface area contributed by atoms with Crippen molar-refractivity contribution in [3.63, 3.8) is 0 Å². The first-order valence-corrected chi connectivity index (χ1v) is 24.7. The van der Waals surface area contributed by atoms with Crippen LogP contribution in [0.25, 0.3) is 106 Å². The standard InChI is InChI=1S/C63H51N7O/c1-6-42(33-39(3)43-20-22-44(23-21-43)63-67-29-30-68(63)61-40(4)31-38(2)32-41(61)5)45-13-9-14-48(34-45)69-52-25-24-46(35-51(52)58-53(69)16-10-26-64-58)47-36-50-49-15-7-8-19-57(49)71-62(50)56(37-47)70-54-17-11-27-65-59(54)60-55(70)18-12-28-66-60/h7-32,34-37,39,42H,6,33H2,1-5H3. The highest BCUT2D eigenvalue weighted by molar-refractivity contribution is 6.13. The molecule has 0 saturated carbocycles. The van der Waals surface area contributed by atoms with Crippen molar-refractivity contribution < 1.29 is 4.42 Å². The number of aryl methyl sites for hydroxylation is 3. The molecule has 0 aliphatic heterocycles. The second-order valence-corrected chi connectivity index (χ2v) is 19.3. The van der Waals surface area contributed by atoms with Crippen molar-refractivity contribution in [2.75, 3.05) is 0 Å². The van der Waals surface area contributed by atoms with E-state index < -0.39 is 0 Å². The van der Waals surface area contributed by atoms with Gasteiger partial charge in [-0.15, -0.1) is 0 Å². The molecule has 6 aromatic carbocycles. The summed E-state index contributed by atoms with van der Waals surface area (Å²) in [6.45, 7) is 11.2. The van der Waals surface area contributed by atoms with Gasteiger partial charge in [0.05, 0.1) is 39.0 Å². The maximum absolute atomic E-state index is 6.72. The van der Waals surface area contributed by atoms with Gasteiger partial charge in [0.1, 0.15) is 22.4 Å². The van der Waals surface area contributed by atoms with E-state index in [0.717, 1.165) is 113 Å². The van der Waals surface area contributed by atoms with Crippen LogP contribution in [0.2, 0.25) is 0 Å². The fraction of sp³-hybridized carbons (Fsp3) is 0.143. The molecule has 8 nitrogen and oxygen atoms in total. The molecule has 7 aromatic heterocycles. The highest BCUT2D eigenvalue weighted by Crippen LogP contribution is 2.42. The highest BCUT2D eigenvalue weighted by Gasteiger charge is 2.23. The Hall–Kier alpha value is -8.62. The van der Waals surface area contributed by atoms with E-state index in [-0.39, 0.29) is 0 Å². The van der Waals surface area contributed by atoms with Gasteiger partial charge in [-0.3, -0.25) is 19.5 Å². The Morgan fingerprint density at radius 1 is 0.521 bits per heavy atom. The van der Waals surface area contributed by atoms with Crippen LogP contribution < -0.4 is 0 Å². The Kier molecular flexibility index (Phi) is 10.1. The molecule has 13 aromatic rings. The highest BCUT2D eigenvalue weighted by atomic mass is 16.3. The third kappa shape index (κ3) is 6.96. The zero-order valence-corrected chi connectivity index (χ0v) is 40.4. The van der Waals surface area contributed by atoms with E-state index in [1.165, 1.54) is 33.5 Å². The van der Waals surface area contributed by atoms with E-state index in [4.69, 9.17) is 24.4 Å². The molecule has 0 spiro atoms. The Morgan fingerprint density at radius 2 is 1.20 bits per heavy atom. The zero-order valence-electron chi connectivity index (χ0n) is 40.4. The van der Waals surface area contributed by atoms with Gasteiger partial charge in [-0.25, -0.2) is 4.98 Å². The van der Waals surface area contributed by atoms with Crippen LogP contribution in [0, 0.1) is 20.8 Å². The molecule has 2 atom stereocenters. The number of hydrogen-bond donors (Lipinski definition) is 0. The minimum atomic E-state index is 0.359. The third-order valence-corrected chi connectivity index (χ3v) is 14.8. The molecule has 0 amide bonds. The van der Waals surface area contributed by atoms with Gasteiger partial charge in [0.2, 0.25) is 0 Å². The van der Waals surface area contributed by atoms with Gasteiger partial charge in [-0.05, 0) is 158 Å². The molecule has 2 unspecified atom stereocenters. The number of fused-ring (bicyclic) bond motifs is 9. The topological polar surface area (TPSA) is 79.5 Å². The van der Waals surface area contributed by atoms with Crippen molar-refractivity contribution >= 4 is 65.9 Å². The van der Waals surface area contributed by atoms with Crippen LogP contribution in [0.1, 0.15) is 66.3 Å².